The number of nitrogens with one attached hydrogen (secondary N) is 6. The van der Waals surface area contributed by atoms with E-state index in [4.69, 9.17) is 11.5 Å². The van der Waals surface area contributed by atoms with Crippen molar-refractivity contribution < 1.29 is 0 Å². The summed E-state index contributed by atoms with van der Waals surface area (Å²) in [5, 5.41) is 21.9. The molecular formula is C32H74N10. The molecule has 0 aromatic carbocycles. The summed E-state index contributed by atoms with van der Waals surface area (Å²) in [4.78, 5) is 5.25. The van der Waals surface area contributed by atoms with Gasteiger partial charge in [0, 0.05) is 58.9 Å². The largest absolute Gasteiger partial charge is 0.330 e. The molecule has 1 rings (SSSR count). The first-order valence-corrected chi connectivity index (χ1v) is 17.7. The zero-order valence-electron chi connectivity index (χ0n) is 28.2. The van der Waals surface area contributed by atoms with Gasteiger partial charge in [-0.3, -0.25) is 0 Å². The molecule has 0 aromatic rings. The number of hydrogen-bond donors (Lipinski definition) is 8. The Kier molecular flexibility index (Phi) is 27.7. The molecule has 10 nitrogen and oxygen atoms in total. The molecule has 1 saturated heterocycles. The highest BCUT2D eigenvalue weighted by Gasteiger charge is 2.12. The van der Waals surface area contributed by atoms with Crippen LogP contribution in [0.5, 0.6) is 0 Å². The maximum Gasteiger partial charge on any atom is 0.0107 e. The van der Waals surface area contributed by atoms with E-state index in [0.29, 0.717) is 11.8 Å². The smallest absolute Gasteiger partial charge is 0.0107 e. The maximum absolute atomic E-state index is 5.78. The van der Waals surface area contributed by atoms with Gasteiger partial charge >= 0.3 is 0 Å². The Bertz CT molecular complexity index is 555. The monoisotopic (exact) mass is 599 g/mol. The van der Waals surface area contributed by atoms with Gasteiger partial charge < -0.3 is 53.2 Å². The molecule has 1 aliphatic rings. The van der Waals surface area contributed by atoms with Crippen molar-refractivity contribution in [3.05, 3.63) is 0 Å². The molecule has 10 heteroatoms. The second kappa shape index (κ2) is 29.3. The van der Waals surface area contributed by atoms with Crippen LogP contribution in [0.3, 0.4) is 0 Å². The molecule has 1 fully saturated rings. The van der Waals surface area contributed by atoms with Crippen molar-refractivity contribution in [1.82, 2.24) is 41.7 Å². The first-order chi connectivity index (χ1) is 20.6. The van der Waals surface area contributed by atoms with Gasteiger partial charge in [0.05, 0.1) is 0 Å². The van der Waals surface area contributed by atoms with Gasteiger partial charge in [-0.15, -0.1) is 0 Å². The first kappa shape index (κ1) is 39.6. The van der Waals surface area contributed by atoms with Crippen LogP contribution in [0.2, 0.25) is 0 Å². The number of likely N-dealkylation sites (N-methyl/N-ethyl adjacent to an activating group) is 1. The van der Waals surface area contributed by atoms with E-state index in [-0.39, 0.29) is 0 Å². The van der Waals surface area contributed by atoms with Gasteiger partial charge in [-0.1, -0.05) is 20.8 Å². The van der Waals surface area contributed by atoms with E-state index in [1.165, 1.54) is 38.8 Å². The van der Waals surface area contributed by atoms with Gasteiger partial charge in [-0.05, 0) is 128 Å². The van der Waals surface area contributed by atoms with Gasteiger partial charge in [-0.2, -0.15) is 0 Å². The van der Waals surface area contributed by atoms with Crippen molar-refractivity contribution in [2.24, 2.45) is 29.2 Å². The molecule has 3 atom stereocenters. The van der Waals surface area contributed by atoms with E-state index in [0.717, 1.165) is 137 Å². The highest BCUT2D eigenvalue weighted by molar-refractivity contribution is 4.71. The first-order valence-electron chi connectivity index (χ1n) is 17.7. The average Bonchev–Trinajstić information content (AvgIpc) is 2.98. The Morgan fingerprint density at radius 3 is 2.17 bits per heavy atom. The summed E-state index contributed by atoms with van der Waals surface area (Å²) in [6.45, 7) is 28.3. The van der Waals surface area contributed by atoms with Gasteiger partial charge in [0.15, 0.2) is 0 Å². The standard InChI is InChI=1S/C32H74N10/c1-4-35-17-24-42-25-18-37-14-7-21-41(23-20-40-28-31(3)29-42)22-19-39-27-30(2)26-38-16-10-32(8-5-11-33)9-15-36-13-6-12-34/h30-32,35-40H,4-29,33-34H2,1-3H3. The zero-order valence-corrected chi connectivity index (χ0v) is 28.2. The Morgan fingerprint density at radius 1 is 0.738 bits per heavy atom. The third-order valence-corrected chi connectivity index (χ3v) is 8.38. The topological polar surface area (TPSA) is 131 Å². The van der Waals surface area contributed by atoms with Crippen molar-refractivity contribution in [2.75, 3.05) is 131 Å². The molecular weight excluding hydrogens is 524 g/mol. The van der Waals surface area contributed by atoms with Crippen molar-refractivity contribution >= 4 is 0 Å². The molecule has 0 bridgehead atoms. The number of nitrogens with two attached hydrogens (primary N) is 2. The van der Waals surface area contributed by atoms with Crippen LogP contribution >= 0.6 is 0 Å². The Balaban J connectivity index is 2.22. The molecule has 0 aliphatic carbocycles. The molecule has 0 amide bonds. The van der Waals surface area contributed by atoms with Crippen LogP contribution in [0.25, 0.3) is 0 Å². The van der Waals surface area contributed by atoms with Gasteiger partial charge in [0.1, 0.15) is 0 Å². The number of nitrogens with zero attached hydrogens (tertiary/aromatic N) is 2. The highest BCUT2D eigenvalue weighted by Crippen LogP contribution is 2.14. The summed E-state index contributed by atoms with van der Waals surface area (Å²) < 4.78 is 0. The maximum atomic E-state index is 5.78. The molecule has 1 aliphatic heterocycles. The molecule has 0 spiro atoms. The lowest BCUT2D eigenvalue weighted by Gasteiger charge is -2.28. The minimum Gasteiger partial charge on any atom is -0.330 e. The predicted molar refractivity (Wildman–Crippen MR) is 183 cm³/mol. The zero-order chi connectivity index (χ0) is 30.5. The fourth-order valence-corrected chi connectivity index (χ4v) is 5.73. The summed E-state index contributed by atoms with van der Waals surface area (Å²) in [5.41, 5.74) is 11.4. The second-order valence-corrected chi connectivity index (χ2v) is 12.7. The van der Waals surface area contributed by atoms with Crippen LogP contribution in [0.4, 0.5) is 0 Å². The van der Waals surface area contributed by atoms with Crippen molar-refractivity contribution in [3.63, 3.8) is 0 Å². The summed E-state index contributed by atoms with van der Waals surface area (Å²) in [5.74, 6) is 2.05. The van der Waals surface area contributed by atoms with E-state index < -0.39 is 0 Å². The van der Waals surface area contributed by atoms with Crippen LogP contribution in [0, 0.1) is 17.8 Å². The van der Waals surface area contributed by atoms with E-state index >= 15 is 0 Å². The van der Waals surface area contributed by atoms with Crippen LogP contribution in [0.1, 0.15) is 59.3 Å². The number of hydrogen-bond acceptors (Lipinski definition) is 10. The summed E-state index contributed by atoms with van der Waals surface area (Å²) in [7, 11) is 0. The fourth-order valence-electron chi connectivity index (χ4n) is 5.73. The summed E-state index contributed by atoms with van der Waals surface area (Å²) in [6, 6.07) is 0. The lowest BCUT2D eigenvalue weighted by molar-refractivity contribution is 0.224. The van der Waals surface area contributed by atoms with Crippen molar-refractivity contribution in [1.29, 1.82) is 0 Å². The molecule has 10 N–H and O–H groups in total. The van der Waals surface area contributed by atoms with E-state index in [1.807, 2.05) is 0 Å². The minimum atomic E-state index is 0.633. The van der Waals surface area contributed by atoms with Crippen LogP contribution in [0.15, 0.2) is 0 Å². The van der Waals surface area contributed by atoms with Crippen molar-refractivity contribution in [2.45, 2.75) is 59.3 Å². The van der Waals surface area contributed by atoms with Crippen LogP contribution in [-0.2, 0) is 0 Å². The third-order valence-electron chi connectivity index (χ3n) is 8.38. The molecule has 252 valence electrons. The van der Waals surface area contributed by atoms with E-state index in [1.54, 1.807) is 0 Å². The lowest BCUT2D eigenvalue weighted by atomic mass is 9.95. The van der Waals surface area contributed by atoms with E-state index in [2.05, 4.69) is 62.5 Å². The lowest BCUT2D eigenvalue weighted by Crippen LogP contribution is -2.43. The molecule has 0 saturated carbocycles. The third kappa shape index (κ3) is 24.0. The van der Waals surface area contributed by atoms with Gasteiger partial charge in [-0.25, -0.2) is 0 Å². The minimum absolute atomic E-state index is 0.633. The SMILES string of the molecule is CCNCCN1CCNCCCN(CCNCC(C)CNCCC(CCCN)CCNCCCN)CCNCC(C)C1. The quantitative estimate of drug-likeness (QED) is 0.0778. The Hall–Kier alpha value is -0.400. The Morgan fingerprint density at radius 2 is 1.40 bits per heavy atom. The molecule has 42 heavy (non-hydrogen) atoms. The predicted octanol–water partition coefficient (Wildman–Crippen LogP) is 0.308. The summed E-state index contributed by atoms with van der Waals surface area (Å²) in [6.07, 6.45) is 7.12. The molecule has 0 aromatic heterocycles. The number of rotatable bonds is 23. The normalized spacial score (nSPS) is 20.4. The summed E-state index contributed by atoms with van der Waals surface area (Å²) >= 11 is 0. The molecule has 3 unspecified atom stereocenters. The Labute approximate surface area is 261 Å². The van der Waals surface area contributed by atoms with Crippen LogP contribution in [-0.4, -0.2) is 141 Å². The highest BCUT2D eigenvalue weighted by atomic mass is 15.2. The fraction of sp³-hybridized carbons (Fsp3) is 1.00. The molecule has 0 radical (unpaired) electrons. The molecule has 1 heterocycles. The van der Waals surface area contributed by atoms with Gasteiger partial charge in [0.25, 0.3) is 0 Å². The van der Waals surface area contributed by atoms with Crippen LogP contribution < -0.4 is 43.4 Å². The average molecular weight is 599 g/mol. The van der Waals surface area contributed by atoms with Gasteiger partial charge in [0.2, 0.25) is 0 Å². The van der Waals surface area contributed by atoms with E-state index in [9.17, 15) is 0 Å². The second-order valence-electron chi connectivity index (χ2n) is 12.7. The van der Waals surface area contributed by atoms with Crippen molar-refractivity contribution in [3.8, 4) is 0 Å².